The smallest absolute Gasteiger partial charge is 0.222 e. The van der Waals surface area contributed by atoms with E-state index in [9.17, 15) is 0 Å². The van der Waals surface area contributed by atoms with E-state index in [-0.39, 0.29) is 0 Å². The monoisotopic (exact) mass is 191 g/mol. The van der Waals surface area contributed by atoms with Gasteiger partial charge in [0.1, 0.15) is 0 Å². The first-order valence-electron chi connectivity index (χ1n) is 5.22. The van der Waals surface area contributed by atoms with Gasteiger partial charge in [-0.2, -0.15) is 0 Å². The van der Waals surface area contributed by atoms with Gasteiger partial charge in [0.25, 0.3) is 0 Å². The maximum atomic E-state index is 4.31. The van der Waals surface area contributed by atoms with Gasteiger partial charge in [-0.3, -0.25) is 0 Å². The minimum Gasteiger partial charge on any atom is -0.354 e. The van der Waals surface area contributed by atoms with E-state index < -0.39 is 0 Å². The van der Waals surface area contributed by atoms with E-state index in [1.54, 1.807) is 6.20 Å². The Labute approximate surface area is 85.0 Å². The number of rotatable bonds is 3. The van der Waals surface area contributed by atoms with Crippen LogP contribution in [0.4, 0.5) is 5.95 Å². The third-order valence-corrected chi connectivity index (χ3v) is 3.03. The summed E-state index contributed by atoms with van der Waals surface area (Å²) in [5.41, 5.74) is 1.49. The molecule has 1 fully saturated rings. The first-order valence-corrected chi connectivity index (χ1v) is 5.22. The Balaban J connectivity index is 1.91. The molecule has 0 saturated heterocycles. The molecule has 0 bridgehead atoms. The molecular formula is C11H17N3. The average Bonchev–Trinajstić information content (AvgIpc) is 2.12. The second-order valence-electron chi connectivity index (χ2n) is 4.54. The molecule has 1 aliphatic carbocycles. The molecule has 14 heavy (non-hydrogen) atoms. The summed E-state index contributed by atoms with van der Waals surface area (Å²) in [4.78, 5) is 8.49. The van der Waals surface area contributed by atoms with Gasteiger partial charge in [-0.1, -0.05) is 13.3 Å². The van der Waals surface area contributed by atoms with Crippen molar-refractivity contribution >= 4 is 5.95 Å². The lowest BCUT2D eigenvalue weighted by Gasteiger charge is -2.38. The lowest BCUT2D eigenvalue weighted by molar-refractivity contribution is 0.179. The van der Waals surface area contributed by atoms with Crippen LogP contribution in [0.3, 0.4) is 0 Å². The summed E-state index contributed by atoms with van der Waals surface area (Å²) < 4.78 is 0. The molecular weight excluding hydrogens is 174 g/mol. The number of nitrogens with zero attached hydrogens (tertiary/aromatic N) is 2. The molecule has 2 rings (SSSR count). The zero-order valence-electron chi connectivity index (χ0n) is 8.88. The van der Waals surface area contributed by atoms with Crippen LogP contribution in [0.1, 0.15) is 31.9 Å². The van der Waals surface area contributed by atoms with Crippen LogP contribution in [0.25, 0.3) is 0 Å². The van der Waals surface area contributed by atoms with Gasteiger partial charge in [-0.25, -0.2) is 9.97 Å². The Hall–Kier alpha value is -1.12. The second kappa shape index (κ2) is 3.56. The van der Waals surface area contributed by atoms with Gasteiger partial charge in [-0.05, 0) is 31.2 Å². The Bertz CT molecular complexity index is 318. The van der Waals surface area contributed by atoms with Crippen LogP contribution in [0.15, 0.2) is 12.3 Å². The summed E-state index contributed by atoms with van der Waals surface area (Å²) in [5.74, 6) is 0.762. The van der Waals surface area contributed by atoms with E-state index in [1.165, 1.54) is 19.3 Å². The standard InChI is InChI=1S/C11H17N3/c1-9-4-7-12-10(14-9)13-8-11(2)5-3-6-11/h4,7H,3,5-6,8H2,1-2H3,(H,12,13,14). The predicted molar refractivity (Wildman–Crippen MR) is 57.2 cm³/mol. The lowest BCUT2D eigenvalue weighted by atomic mass is 9.70. The Morgan fingerprint density at radius 1 is 1.50 bits per heavy atom. The van der Waals surface area contributed by atoms with Gasteiger partial charge in [0, 0.05) is 18.4 Å². The van der Waals surface area contributed by atoms with Crippen LogP contribution >= 0.6 is 0 Å². The molecule has 1 heterocycles. The normalized spacial score (nSPS) is 18.7. The minimum absolute atomic E-state index is 0.479. The number of anilines is 1. The number of aryl methyl sites for hydroxylation is 1. The summed E-state index contributed by atoms with van der Waals surface area (Å²) in [7, 11) is 0. The van der Waals surface area contributed by atoms with Gasteiger partial charge in [0.2, 0.25) is 5.95 Å². The topological polar surface area (TPSA) is 37.8 Å². The highest BCUT2D eigenvalue weighted by Crippen LogP contribution is 2.39. The first kappa shape index (κ1) is 9.44. The maximum absolute atomic E-state index is 4.31. The third-order valence-electron chi connectivity index (χ3n) is 3.03. The van der Waals surface area contributed by atoms with Crippen LogP contribution in [0, 0.1) is 12.3 Å². The van der Waals surface area contributed by atoms with E-state index in [0.29, 0.717) is 5.41 Å². The summed E-state index contributed by atoms with van der Waals surface area (Å²) >= 11 is 0. The number of hydrogen-bond acceptors (Lipinski definition) is 3. The van der Waals surface area contributed by atoms with Crippen molar-refractivity contribution in [3.63, 3.8) is 0 Å². The molecule has 0 aliphatic heterocycles. The first-order chi connectivity index (χ1) is 6.68. The molecule has 3 nitrogen and oxygen atoms in total. The van der Waals surface area contributed by atoms with Gasteiger partial charge >= 0.3 is 0 Å². The van der Waals surface area contributed by atoms with Crippen molar-refractivity contribution in [1.82, 2.24) is 9.97 Å². The van der Waals surface area contributed by atoms with Crippen molar-refractivity contribution in [1.29, 1.82) is 0 Å². The number of nitrogens with one attached hydrogen (secondary N) is 1. The number of hydrogen-bond donors (Lipinski definition) is 1. The van der Waals surface area contributed by atoms with Crippen LogP contribution in [0.5, 0.6) is 0 Å². The second-order valence-corrected chi connectivity index (χ2v) is 4.54. The van der Waals surface area contributed by atoms with Crippen LogP contribution in [-0.2, 0) is 0 Å². The van der Waals surface area contributed by atoms with E-state index in [4.69, 9.17) is 0 Å². The lowest BCUT2D eigenvalue weighted by Crippen LogP contribution is -2.33. The van der Waals surface area contributed by atoms with Crippen molar-refractivity contribution < 1.29 is 0 Å². The largest absolute Gasteiger partial charge is 0.354 e. The van der Waals surface area contributed by atoms with Gasteiger partial charge < -0.3 is 5.32 Å². The number of aromatic nitrogens is 2. The molecule has 0 unspecified atom stereocenters. The molecule has 0 spiro atoms. The highest BCUT2D eigenvalue weighted by Gasteiger charge is 2.31. The Kier molecular flexibility index (Phi) is 2.40. The average molecular weight is 191 g/mol. The minimum atomic E-state index is 0.479. The maximum Gasteiger partial charge on any atom is 0.222 e. The Morgan fingerprint density at radius 2 is 2.29 bits per heavy atom. The molecule has 1 aromatic heterocycles. The molecule has 1 aromatic rings. The van der Waals surface area contributed by atoms with Crippen molar-refractivity contribution in [2.45, 2.75) is 33.1 Å². The van der Waals surface area contributed by atoms with Gasteiger partial charge in [-0.15, -0.1) is 0 Å². The van der Waals surface area contributed by atoms with E-state index in [1.807, 2.05) is 13.0 Å². The van der Waals surface area contributed by atoms with E-state index in [2.05, 4.69) is 22.2 Å². The quantitative estimate of drug-likeness (QED) is 0.797. The SMILES string of the molecule is Cc1ccnc(NCC2(C)CCC2)n1. The molecule has 1 N–H and O–H groups in total. The molecule has 0 atom stereocenters. The molecule has 3 heteroatoms. The predicted octanol–water partition coefficient (Wildman–Crippen LogP) is 2.39. The molecule has 1 saturated carbocycles. The molecule has 76 valence electrons. The zero-order chi connectivity index (χ0) is 10.0. The van der Waals surface area contributed by atoms with Gasteiger partial charge in [0.05, 0.1) is 0 Å². The summed E-state index contributed by atoms with van der Waals surface area (Å²) in [6.07, 6.45) is 5.82. The van der Waals surface area contributed by atoms with Crippen molar-refractivity contribution in [3.8, 4) is 0 Å². The third kappa shape index (κ3) is 2.03. The van der Waals surface area contributed by atoms with E-state index >= 15 is 0 Å². The van der Waals surface area contributed by atoms with Crippen molar-refractivity contribution in [2.75, 3.05) is 11.9 Å². The van der Waals surface area contributed by atoms with Crippen molar-refractivity contribution in [2.24, 2.45) is 5.41 Å². The van der Waals surface area contributed by atoms with Crippen molar-refractivity contribution in [3.05, 3.63) is 18.0 Å². The van der Waals surface area contributed by atoms with Gasteiger partial charge in [0.15, 0.2) is 0 Å². The molecule has 0 aromatic carbocycles. The fourth-order valence-electron chi connectivity index (χ4n) is 1.78. The fourth-order valence-corrected chi connectivity index (χ4v) is 1.78. The van der Waals surface area contributed by atoms with Crippen LogP contribution < -0.4 is 5.32 Å². The molecule has 1 aliphatic rings. The summed E-state index contributed by atoms with van der Waals surface area (Å²) in [5, 5.41) is 3.31. The highest BCUT2D eigenvalue weighted by molar-refractivity contribution is 5.25. The van der Waals surface area contributed by atoms with Crippen LogP contribution in [-0.4, -0.2) is 16.5 Å². The highest BCUT2D eigenvalue weighted by atomic mass is 15.1. The summed E-state index contributed by atoms with van der Waals surface area (Å²) in [6.45, 7) is 5.30. The zero-order valence-corrected chi connectivity index (χ0v) is 8.88. The molecule has 0 radical (unpaired) electrons. The fraction of sp³-hybridized carbons (Fsp3) is 0.636. The molecule has 0 amide bonds. The van der Waals surface area contributed by atoms with E-state index in [0.717, 1.165) is 18.2 Å². The Morgan fingerprint density at radius 3 is 2.86 bits per heavy atom. The van der Waals surface area contributed by atoms with Crippen LogP contribution in [0.2, 0.25) is 0 Å². The summed E-state index contributed by atoms with van der Waals surface area (Å²) in [6, 6.07) is 1.91.